The SMILES string of the molecule is CCOC(=O)c1c(N)sc(C(=O)NC)c1CN(C)Cc1ccc(F)cc1. The molecule has 1 heterocycles. The van der Waals surface area contributed by atoms with E-state index in [1.807, 2.05) is 11.9 Å². The fraction of sp³-hybridized carbons (Fsp3) is 0.333. The molecule has 0 aliphatic rings. The molecule has 0 saturated carbocycles. The fourth-order valence-corrected chi connectivity index (χ4v) is 3.60. The molecule has 0 radical (unpaired) electrons. The fourth-order valence-electron chi connectivity index (χ4n) is 2.59. The van der Waals surface area contributed by atoms with Gasteiger partial charge in [-0.05, 0) is 31.7 Å². The van der Waals surface area contributed by atoms with E-state index in [9.17, 15) is 14.0 Å². The van der Waals surface area contributed by atoms with E-state index in [4.69, 9.17) is 10.5 Å². The van der Waals surface area contributed by atoms with Gasteiger partial charge in [-0.2, -0.15) is 0 Å². The minimum Gasteiger partial charge on any atom is -0.462 e. The topological polar surface area (TPSA) is 84.7 Å². The lowest BCUT2D eigenvalue weighted by Crippen LogP contribution is -2.23. The average molecular weight is 379 g/mol. The number of hydrogen-bond donors (Lipinski definition) is 2. The lowest BCUT2D eigenvalue weighted by Gasteiger charge is -2.18. The Morgan fingerprint density at radius 3 is 2.50 bits per heavy atom. The van der Waals surface area contributed by atoms with Gasteiger partial charge in [-0.1, -0.05) is 12.1 Å². The monoisotopic (exact) mass is 379 g/mol. The molecule has 0 bridgehead atoms. The molecule has 1 aromatic carbocycles. The molecule has 2 rings (SSSR count). The Hall–Kier alpha value is -2.45. The summed E-state index contributed by atoms with van der Waals surface area (Å²) < 4.78 is 18.1. The van der Waals surface area contributed by atoms with E-state index in [2.05, 4.69) is 5.32 Å². The predicted octanol–water partition coefficient (Wildman–Crippen LogP) is 2.64. The molecule has 26 heavy (non-hydrogen) atoms. The molecule has 140 valence electrons. The first-order valence-electron chi connectivity index (χ1n) is 8.10. The van der Waals surface area contributed by atoms with Gasteiger partial charge in [0.25, 0.3) is 5.91 Å². The van der Waals surface area contributed by atoms with Gasteiger partial charge < -0.3 is 15.8 Å². The summed E-state index contributed by atoms with van der Waals surface area (Å²) in [6.07, 6.45) is 0. The number of amides is 1. The van der Waals surface area contributed by atoms with E-state index < -0.39 is 5.97 Å². The lowest BCUT2D eigenvalue weighted by molar-refractivity contribution is 0.0526. The van der Waals surface area contributed by atoms with E-state index >= 15 is 0 Å². The van der Waals surface area contributed by atoms with Gasteiger partial charge in [-0.15, -0.1) is 11.3 Å². The second kappa shape index (κ2) is 8.77. The van der Waals surface area contributed by atoms with Crippen molar-refractivity contribution < 1.29 is 18.7 Å². The summed E-state index contributed by atoms with van der Waals surface area (Å²) in [5.41, 5.74) is 7.68. The van der Waals surface area contributed by atoms with Crippen molar-refractivity contribution in [2.24, 2.45) is 0 Å². The maximum Gasteiger partial charge on any atom is 0.341 e. The number of esters is 1. The Bertz CT molecular complexity index is 790. The summed E-state index contributed by atoms with van der Waals surface area (Å²) in [5, 5.41) is 2.82. The van der Waals surface area contributed by atoms with Crippen LogP contribution in [0.4, 0.5) is 9.39 Å². The molecular weight excluding hydrogens is 357 g/mol. The van der Waals surface area contributed by atoms with Crippen molar-refractivity contribution >= 4 is 28.2 Å². The van der Waals surface area contributed by atoms with Crippen LogP contribution in [0.25, 0.3) is 0 Å². The van der Waals surface area contributed by atoms with Gasteiger partial charge >= 0.3 is 5.97 Å². The first-order valence-corrected chi connectivity index (χ1v) is 8.92. The number of benzene rings is 1. The molecule has 0 atom stereocenters. The Morgan fingerprint density at radius 1 is 1.27 bits per heavy atom. The van der Waals surface area contributed by atoms with Gasteiger partial charge in [0.2, 0.25) is 0 Å². The van der Waals surface area contributed by atoms with Crippen molar-refractivity contribution in [3.05, 3.63) is 51.7 Å². The first-order chi connectivity index (χ1) is 12.4. The van der Waals surface area contributed by atoms with Crippen LogP contribution in [0.1, 0.15) is 38.1 Å². The largest absolute Gasteiger partial charge is 0.462 e. The van der Waals surface area contributed by atoms with Crippen molar-refractivity contribution in [2.45, 2.75) is 20.0 Å². The number of hydrogen-bond acceptors (Lipinski definition) is 6. The van der Waals surface area contributed by atoms with Crippen molar-refractivity contribution in [1.82, 2.24) is 10.2 Å². The third-order valence-corrected chi connectivity index (χ3v) is 4.80. The third-order valence-electron chi connectivity index (χ3n) is 3.74. The Morgan fingerprint density at radius 2 is 1.92 bits per heavy atom. The summed E-state index contributed by atoms with van der Waals surface area (Å²) in [7, 11) is 3.37. The average Bonchev–Trinajstić information content (AvgIpc) is 2.92. The maximum absolute atomic E-state index is 13.0. The van der Waals surface area contributed by atoms with Gasteiger partial charge in [0, 0.05) is 25.7 Å². The normalized spacial score (nSPS) is 10.8. The van der Waals surface area contributed by atoms with E-state index in [0.717, 1.165) is 16.9 Å². The van der Waals surface area contributed by atoms with Gasteiger partial charge in [0.1, 0.15) is 10.8 Å². The number of nitrogens with two attached hydrogens (primary N) is 1. The van der Waals surface area contributed by atoms with Crippen LogP contribution in [-0.4, -0.2) is 37.5 Å². The number of anilines is 1. The number of nitrogen functional groups attached to an aromatic ring is 1. The molecule has 0 unspecified atom stereocenters. The number of carbonyl (C=O) groups excluding carboxylic acids is 2. The second-order valence-corrected chi connectivity index (χ2v) is 6.80. The number of nitrogens with zero attached hydrogens (tertiary/aromatic N) is 1. The summed E-state index contributed by atoms with van der Waals surface area (Å²) in [6.45, 7) is 2.77. The number of thiophene rings is 1. The minimum absolute atomic E-state index is 0.217. The van der Waals surface area contributed by atoms with Gasteiger partial charge in [0.15, 0.2) is 0 Å². The summed E-state index contributed by atoms with van der Waals surface area (Å²) in [4.78, 5) is 26.8. The molecule has 6 nitrogen and oxygen atoms in total. The Labute approximate surface area is 155 Å². The first kappa shape index (κ1) is 19.9. The second-order valence-electron chi connectivity index (χ2n) is 5.75. The molecule has 3 N–H and O–H groups in total. The highest BCUT2D eigenvalue weighted by molar-refractivity contribution is 7.18. The molecule has 0 aliphatic carbocycles. The van der Waals surface area contributed by atoms with Gasteiger partial charge in [0.05, 0.1) is 17.0 Å². The molecule has 8 heteroatoms. The van der Waals surface area contributed by atoms with Crippen LogP contribution in [0.15, 0.2) is 24.3 Å². The Kier molecular flexibility index (Phi) is 6.70. The lowest BCUT2D eigenvalue weighted by atomic mass is 10.1. The van der Waals surface area contributed by atoms with E-state index in [-0.39, 0.29) is 28.9 Å². The number of halogens is 1. The zero-order chi connectivity index (χ0) is 19.3. The number of carbonyl (C=O) groups is 2. The molecule has 1 amide bonds. The highest BCUT2D eigenvalue weighted by Gasteiger charge is 2.27. The van der Waals surface area contributed by atoms with Crippen LogP contribution >= 0.6 is 11.3 Å². The van der Waals surface area contributed by atoms with Gasteiger partial charge in [-0.3, -0.25) is 9.69 Å². The molecule has 2 aromatic rings. The highest BCUT2D eigenvalue weighted by Crippen LogP contribution is 2.33. The van der Waals surface area contributed by atoms with Gasteiger partial charge in [-0.25, -0.2) is 9.18 Å². The van der Waals surface area contributed by atoms with E-state index in [1.165, 1.54) is 19.2 Å². The standard InChI is InChI=1S/C18H22FN3O3S/c1-4-25-18(24)14-13(15(17(23)21-2)26-16(14)20)10-22(3)9-11-5-7-12(19)8-6-11/h5-8H,4,9-10,20H2,1-3H3,(H,21,23). The molecular formula is C18H22FN3O3S. The van der Waals surface area contributed by atoms with Crippen LogP contribution in [0.2, 0.25) is 0 Å². The predicted molar refractivity (Wildman–Crippen MR) is 99.6 cm³/mol. The number of nitrogens with one attached hydrogen (secondary N) is 1. The maximum atomic E-state index is 13.0. The number of rotatable bonds is 7. The van der Waals surface area contributed by atoms with Crippen molar-refractivity contribution in [1.29, 1.82) is 0 Å². The van der Waals surface area contributed by atoms with E-state index in [0.29, 0.717) is 23.5 Å². The minimum atomic E-state index is -0.540. The van der Waals surface area contributed by atoms with Crippen LogP contribution in [-0.2, 0) is 17.8 Å². The molecule has 0 spiro atoms. The van der Waals surface area contributed by atoms with Crippen LogP contribution < -0.4 is 11.1 Å². The molecule has 1 aromatic heterocycles. The molecule has 0 aliphatic heterocycles. The third kappa shape index (κ3) is 4.59. The summed E-state index contributed by atoms with van der Waals surface area (Å²) >= 11 is 1.07. The van der Waals surface area contributed by atoms with Crippen molar-refractivity contribution in [3.63, 3.8) is 0 Å². The smallest absolute Gasteiger partial charge is 0.341 e. The molecule has 0 fully saturated rings. The van der Waals surface area contributed by atoms with E-state index in [1.54, 1.807) is 19.1 Å². The summed E-state index contributed by atoms with van der Waals surface area (Å²) in [5.74, 6) is -1.14. The zero-order valence-corrected chi connectivity index (χ0v) is 15.8. The quantitative estimate of drug-likeness (QED) is 0.723. The zero-order valence-electron chi connectivity index (χ0n) is 15.0. The number of ether oxygens (including phenoxy) is 1. The highest BCUT2D eigenvalue weighted by atomic mass is 32.1. The van der Waals surface area contributed by atoms with Crippen molar-refractivity contribution in [2.75, 3.05) is 26.4 Å². The summed E-state index contributed by atoms with van der Waals surface area (Å²) in [6, 6.07) is 6.18. The van der Waals surface area contributed by atoms with Crippen LogP contribution in [0.3, 0.4) is 0 Å². The van der Waals surface area contributed by atoms with Crippen LogP contribution in [0, 0.1) is 5.82 Å². The Balaban J connectivity index is 2.31. The van der Waals surface area contributed by atoms with Crippen molar-refractivity contribution in [3.8, 4) is 0 Å². The van der Waals surface area contributed by atoms with Crippen LogP contribution in [0.5, 0.6) is 0 Å². The molecule has 0 saturated heterocycles.